The van der Waals surface area contributed by atoms with Gasteiger partial charge >= 0.3 is 12.0 Å². The maximum atomic E-state index is 12.2. The second-order valence-electron chi connectivity index (χ2n) is 6.88. The summed E-state index contributed by atoms with van der Waals surface area (Å²) in [6, 6.07) is 3.78. The molecule has 0 aliphatic carbocycles. The Bertz CT molecular complexity index is 766. The van der Waals surface area contributed by atoms with E-state index in [0.717, 1.165) is 12.8 Å². The molecule has 0 atom stereocenters. The Hall–Kier alpha value is -2.61. The molecule has 1 saturated heterocycles. The first-order valence-electron chi connectivity index (χ1n) is 9.12. The lowest BCUT2D eigenvalue weighted by atomic mass is 10.1. The summed E-state index contributed by atoms with van der Waals surface area (Å²) in [5, 5.41) is 4.99. The van der Waals surface area contributed by atoms with Crippen molar-refractivity contribution in [3.8, 4) is 0 Å². The normalized spacial score (nSPS) is 13.6. The summed E-state index contributed by atoms with van der Waals surface area (Å²) in [5.41, 5.74) is 0.598. The highest BCUT2D eigenvalue weighted by atomic mass is 35.5. The number of anilines is 1. The van der Waals surface area contributed by atoms with Crippen molar-refractivity contribution in [3.63, 3.8) is 0 Å². The number of halogens is 1. The van der Waals surface area contributed by atoms with Gasteiger partial charge in [0.05, 0.1) is 16.3 Å². The Labute approximate surface area is 168 Å². The quantitative estimate of drug-likeness (QED) is 0.673. The van der Waals surface area contributed by atoms with E-state index in [9.17, 15) is 19.2 Å². The second-order valence-corrected chi connectivity index (χ2v) is 7.29. The van der Waals surface area contributed by atoms with Crippen LogP contribution in [0.1, 0.15) is 43.5 Å². The van der Waals surface area contributed by atoms with Gasteiger partial charge in [-0.1, -0.05) is 25.4 Å². The fourth-order valence-corrected chi connectivity index (χ4v) is 2.86. The van der Waals surface area contributed by atoms with Crippen LogP contribution in [0, 0.1) is 5.92 Å². The number of hydrogen-bond donors (Lipinski definition) is 2. The van der Waals surface area contributed by atoms with Gasteiger partial charge in [-0.3, -0.25) is 14.9 Å². The Morgan fingerprint density at radius 1 is 1.29 bits per heavy atom. The molecule has 1 aromatic rings. The number of ether oxygens (including phenoxy) is 1. The largest absolute Gasteiger partial charge is 0.452 e. The van der Waals surface area contributed by atoms with Gasteiger partial charge in [0, 0.05) is 19.5 Å². The molecule has 2 N–H and O–H groups in total. The van der Waals surface area contributed by atoms with E-state index in [0.29, 0.717) is 36.1 Å². The molecule has 28 heavy (non-hydrogen) atoms. The van der Waals surface area contributed by atoms with E-state index < -0.39 is 24.5 Å². The van der Waals surface area contributed by atoms with Gasteiger partial charge in [0.1, 0.15) is 0 Å². The molecule has 1 heterocycles. The van der Waals surface area contributed by atoms with E-state index in [1.165, 1.54) is 23.1 Å². The van der Waals surface area contributed by atoms with Gasteiger partial charge in [0.2, 0.25) is 5.91 Å². The van der Waals surface area contributed by atoms with Crippen LogP contribution in [-0.2, 0) is 14.3 Å². The van der Waals surface area contributed by atoms with Crippen LogP contribution < -0.4 is 15.5 Å². The third-order valence-corrected chi connectivity index (χ3v) is 4.46. The fourth-order valence-electron chi connectivity index (χ4n) is 2.65. The third-order valence-electron chi connectivity index (χ3n) is 4.14. The molecular weight excluding hydrogens is 386 g/mol. The van der Waals surface area contributed by atoms with E-state index in [2.05, 4.69) is 10.6 Å². The summed E-state index contributed by atoms with van der Waals surface area (Å²) in [7, 11) is 0. The molecule has 0 unspecified atom stereocenters. The molecule has 0 spiro atoms. The number of benzene rings is 1. The zero-order valence-electron chi connectivity index (χ0n) is 15.9. The van der Waals surface area contributed by atoms with Crippen molar-refractivity contribution in [3.05, 3.63) is 28.8 Å². The van der Waals surface area contributed by atoms with Gasteiger partial charge in [-0.15, -0.1) is 0 Å². The first-order chi connectivity index (χ1) is 13.3. The first kappa shape index (κ1) is 21.7. The molecule has 0 aromatic heterocycles. The predicted octanol–water partition coefficient (Wildman–Crippen LogP) is 2.50. The van der Waals surface area contributed by atoms with Crippen LogP contribution in [0.4, 0.5) is 10.5 Å². The summed E-state index contributed by atoms with van der Waals surface area (Å²) in [4.78, 5) is 48.9. The molecule has 1 aliphatic heterocycles. The number of rotatable bonds is 7. The molecule has 0 saturated carbocycles. The highest BCUT2D eigenvalue weighted by molar-refractivity contribution is 6.34. The molecule has 0 bridgehead atoms. The van der Waals surface area contributed by atoms with Gasteiger partial charge in [0.25, 0.3) is 5.91 Å². The average molecular weight is 410 g/mol. The number of carbonyl (C=O) groups is 4. The minimum atomic E-state index is -0.750. The molecule has 0 radical (unpaired) electrons. The summed E-state index contributed by atoms with van der Waals surface area (Å²) in [5.74, 6) is -1.12. The fraction of sp³-hybridized carbons (Fsp3) is 0.474. The number of urea groups is 1. The highest BCUT2D eigenvalue weighted by Gasteiger charge is 2.25. The van der Waals surface area contributed by atoms with E-state index >= 15 is 0 Å². The molecular formula is C19H24ClN3O5. The Morgan fingerprint density at radius 2 is 2.04 bits per heavy atom. The topological polar surface area (TPSA) is 105 Å². The van der Waals surface area contributed by atoms with Crippen LogP contribution >= 0.6 is 11.6 Å². The molecule has 9 heteroatoms. The molecule has 4 amide bonds. The van der Waals surface area contributed by atoms with Crippen LogP contribution in [0.5, 0.6) is 0 Å². The van der Waals surface area contributed by atoms with E-state index in [4.69, 9.17) is 16.3 Å². The Morgan fingerprint density at radius 3 is 2.68 bits per heavy atom. The molecule has 8 nitrogen and oxygen atoms in total. The van der Waals surface area contributed by atoms with Gasteiger partial charge in [-0.2, -0.15) is 0 Å². The summed E-state index contributed by atoms with van der Waals surface area (Å²) >= 11 is 6.14. The van der Waals surface area contributed by atoms with Crippen molar-refractivity contribution in [2.75, 3.05) is 24.6 Å². The van der Waals surface area contributed by atoms with Crippen molar-refractivity contribution >= 4 is 41.1 Å². The summed E-state index contributed by atoms with van der Waals surface area (Å²) in [6.45, 7) is 4.42. The van der Waals surface area contributed by atoms with E-state index in [1.54, 1.807) is 0 Å². The first-order valence-corrected chi connectivity index (χ1v) is 9.50. The molecule has 152 valence electrons. The zero-order valence-corrected chi connectivity index (χ0v) is 16.7. The Kier molecular flexibility index (Phi) is 7.80. The zero-order chi connectivity index (χ0) is 20.7. The highest BCUT2D eigenvalue weighted by Crippen LogP contribution is 2.30. The van der Waals surface area contributed by atoms with Gasteiger partial charge < -0.3 is 15.0 Å². The van der Waals surface area contributed by atoms with Crippen molar-refractivity contribution in [2.24, 2.45) is 5.92 Å². The number of carbonyl (C=O) groups excluding carboxylic acids is 4. The number of amides is 4. The van der Waals surface area contributed by atoms with Crippen molar-refractivity contribution in [1.29, 1.82) is 0 Å². The predicted molar refractivity (Wildman–Crippen MR) is 104 cm³/mol. The number of nitrogens with one attached hydrogen (secondary N) is 2. The standard InChI is InChI=1S/C19H24ClN3O5/c1-12(2)7-8-21-19(27)22-16(24)11-28-18(26)13-5-6-14(20)15(10-13)23-9-3-4-17(23)25/h5-6,10,12H,3-4,7-9,11H2,1-2H3,(H2,21,22,24,27). The summed E-state index contributed by atoms with van der Waals surface area (Å²) < 4.78 is 4.94. The van der Waals surface area contributed by atoms with E-state index in [1.807, 2.05) is 13.8 Å². The molecule has 2 rings (SSSR count). The number of esters is 1. The van der Waals surface area contributed by atoms with Crippen LogP contribution in [-0.4, -0.2) is 43.5 Å². The monoisotopic (exact) mass is 409 g/mol. The van der Waals surface area contributed by atoms with Crippen LogP contribution in [0.25, 0.3) is 0 Å². The average Bonchev–Trinajstić information content (AvgIpc) is 3.05. The van der Waals surface area contributed by atoms with Crippen LogP contribution in [0.15, 0.2) is 18.2 Å². The smallest absolute Gasteiger partial charge is 0.338 e. The maximum absolute atomic E-state index is 12.2. The van der Waals surface area contributed by atoms with E-state index in [-0.39, 0.29) is 11.5 Å². The van der Waals surface area contributed by atoms with Crippen molar-refractivity contribution in [1.82, 2.24) is 10.6 Å². The molecule has 1 aliphatic rings. The SMILES string of the molecule is CC(C)CCNC(=O)NC(=O)COC(=O)c1ccc(Cl)c(N2CCCC2=O)c1. The third kappa shape index (κ3) is 6.23. The lowest BCUT2D eigenvalue weighted by molar-refractivity contribution is -0.123. The van der Waals surface area contributed by atoms with Crippen molar-refractivity contribution in [2.45, 2.75) is 33.1 Å². The summed E-state index contributed by atoms with van der Waals surface area (Å²) in [6.07, 6.45) is 1.95. The number of nitrogens with zero attached hydrogens (tertiary/aromatic N) is 1. The van der Waals surface area contributed by atoms with Crippen molar-refractivity contribution < 1.29 is 23.9 Å². The Balaban J connectivity index is 1.86. The minimum absolute atomic E-state index is 0.0599. The second kappa shape index (κ2) is 10.1. The number of hydrogen-bond acceptors (Lipinski definition) is 5. The van der Waals surface area contributed by atoms with Crippen LogP contribution in [0.2, 0.25) is 5.02 Å². The van der Waals surface area contributed by atoms with Gasteiger partial charge in [-0.25, -0.2) is 9.59 Å². The lowest BCUT2D eigenvalue weighted by Gasteiger charge is -2.18. The van der Waals surface area contributed by atoms with Gasteiger partial charge in [0.15, 0.2) is 6.61 Å². The minimum Gasteiger partial charge on any atom is -0.452 e. The van der Waals surface area contributed by atoms with Crippen LogP contribution in [0.3, 0.4) is 0 Å². The lowest BCUT2D eigenvalue weighted by Crippen LogP contribution is -2.42. The molecule has 1 aromatic carbocycles. The number of imide groups is 1. The van der Waals surface area contributed by atoms with Gasteiger partial charge in [-0.05, 0) is 37.0 Å². The maximum Gasteiger partial charge on any atom is 0.338 e. The molecule has 1 fully saturated rings.